The van der Waals surface area contributed by atoms with Crippen molar-refractivity contribution in [1.29, 1.82) is 0 Å². The van der Waals surface area contributed by atoms with Crippen LogP contribution in [-0.2, 0) is 0 Å². The predicted octanol–water partition coefficient (Wildman–Crippen LogP) is 4.65. The zero-order valence-electron chi connectivity index (χ0n) is 9.99. The van der Waals surface area contributed by atoms with Gasteiger partial charge in [0.2, 0.25) is 0 Å². The van der Waals surface area contributed by atoms with Crippen molar-refractivity contribution in [3.63, 3.8) is 0 Å². The van der Waals surface area contributed by atoms with Crippen LogP contribution in [0.2, 0.25) is 19.1 Å². The molecule has 0 nitrogen and oxygen atoms in total. The van der Waals surface area contributed by atoms with Gasteiger partial charge in [0.25, 0.3) is 0 Å². The summed E-state index contributed by atoms with van der Waals surface area (Å²) in [4.78, 5) is 0. The Balaban J connectivity index is 2.16. The Morgan fingerprint density at radius 1 is 1.36 bits per heavy atom. The van der Waals surface area contributed by atoms with E-state index in [1.54, 1.807) is 0 Å². The van der Waals surface area contributed by atoms with Gasteiger partial charge in [-0.05, 0) is 42.1 Å². The Morgan fingerprint density at radius 3 is 2.43 bits per heavy atom. The number of halogens is 1. The largest absolute Gasteiger partial charge is 0.168 e. The van der Waals surface area contributed by atoms with E-state index in [-0.39, 0.29) is 0 Å². The summed E-state index contributed by atoms with van der Waals surface area (Å²) in [5.74, 6) is 1.00. The van der Waals surface area contributed by atoms with E-state index in [4.69, 9.17) is 11.1 Å². The Morgan fingerprint density at radius 2 is 2.00 bits per heavy atom. The van der Waals surface area contributed by atoms with E-state index >= 15 is 0 Å². The van der Waals surface area contributed by atoms with Crippen LogP contribution in [0.1, 0.15) is 39.5 Å². The average molecular weight is 231 g/mol. The monoisotopic (exact) mass is 230 g/mol. The van der Waals surface area contributed by atoms with Gasteiger partial charge in [-0.15, -0.1) is 0 Å². The van der Waals surface area contributed by atoms with Crippen LogP contribution >= 0.6 is 11.1 Å². The molecule has 3 aliphatic rings. The average Bonchev–Trinajstić information content (AvgIpc) is 2.01. The molecule has 14 heavy (non-hydrogen) atoms. The predicted molar refractivity (Wildman–Crippen MR) is 66.3 cm³/mol. The maximum absolute atomic E-state index is 6.55. The van der Waals surface area contributed by atoms with Crippen LogP contribution in [0.15, 0.2) is 0 Å². The van der Waals surface area contributed by atoms with Crippen LogP contribution in [0.25, 0.3) is 0 Å². The number of fused-ring (bicyclic) bond motifs is 2. The number of rotatable bonds is 2. The molecule has 0 heterocycles. The van der Waals surface area contributed by atoms with E-state index in [1.807, 2.05) is 0 Å². The quantitative estimate of drug-likeness (QED) is 0.479. The highest BCUT2D eigenvalue weighted by molar-refractivity contribution is 7.19. The van der Waals surface area contributed by atoms with Gasteiger partial charge in [0.1, 0.15) is 0 Å². The van der Waals surface area contributed by atoms with E-state index in [1.165, 1.54) is 31.7 Å². The van der Waals surface area contributed by atoms with E-state index in [0.29, 0.717) is 10.8 Å². The molecule has 82 valence electrons. The van der Waals surface area contributed by atoms with Gasteiger partial charge < -0.3 is 0 Å². The molecule has 3 saturated carbocycles. The zero-order chi connectivity index (χ0) is 10.6. The van der Waals surface area contributed by atoms with Crippen LogP contribution in [-0.4, -0.2) is 7.38 Å². The molecule has 2 unspecified atom stereocenters. The highest BCUT2D eigenvalue weighted by Gasteiger charge is 2.62. The fourth-order valence-electron chi connectivity index (χ4n) is 4.06. The smallest absolute Gasteiger partial charge is 0.151 e. The lowest BCUT2D eigenvalue weighted by molar-refractivity contribution is -0.147. The molecule has 3 fully saturated rings. The van der Waals surface area contributed by atoms with E-state index in [2.05, 4.69) is 26.9 Å². The van der Waals surface area contributed by atoms with Crippen LogP contribution in [0.3, 0.4) is 0 Å². The molecule has 3 aliphatic carbocycles. The highest BCUT2D eigenvalue weighted by Crippen LogP contribution is 2.70. The highest BCUT2D eigenvalue weighted by atomic mass is 35.6. The SMILES string of the molecule is CC1(C)C2CCCC1(C[Si](C)(C)Cl)C2. The van der Waals surface area contributed by atoms with Gasteiger partial charge >= 0.3 is 0 Å². The first kappa shape index (κ1) is 11.0. The third-order valence-corrected chi connectivity index (χ3v) is 6.91. The summed E-state index contributed by atoms with van der Waals surface area (Å²) in [5.41, 5.74) is 1.22. The van der Waals surface area contributed by atoms with Crippen molar-refractivity contribution in [1.82, 2.24) is 0 Å². The van der Waals surface area contributed by atoms with E-state index < -0.39 is 7.38 Å². The van der Waals surface area contributed by atoms with Crippen molar-refractivity contribution >= 4 is 18.5 Å². The maximum Gasteiger partial charge on any atom is 0.151 e. The first-order valence-corrected chi connectivity index (χ1v) is 10.2. The Hall–Kier alpha value is 0.507. The molecular formula is C12H23ClSi. The van der Waals surface area contributed by atoms with Crippen molar-refractivity contribution in [2.45, 2.75) is 58.7 Å². The second-order valence-corrected chi connectivity index (χ2v) is 13.6. The number of hydrogen-bond acceptors (Lipinski definition) is 0. The summed E-state index contributed by atoms with van der Waals surface area (Å²) in [6, 6.07) is 1.34. The molecule has 0 aromatic carbocycles. The van der Waals surface area contributed by atoms with E-state index in [9.17, 15) is 0 Å². The van der Waals surface area contributed by atoms with Crippen LogP contribution in [0, 0.1) is 16.7 Å². The second-order valence-electron chi connectivity index (χ2n) is 6.69. The molecule has 0 aliphatic heterocycles. The minimum atomic E-state index is -1.40. The van der Waals surface area contributed by atoms with Crippen molar-refractivity contribution < 1.29 is 0 Å². The van der Waals surface area contributed by atoms with Gasteiger partial charge in [-0.3, -0.25) is 0 Å². The molecule has 2 heteroatoms. The van der Waals surface area contributed by atoms with Crippen molar-refractivity contribution in [3.8, 4) is 0 Å². The minimum Gasteiger partial charge on any atom is -0.168 e. The summed E-state index contributed by atoms with van der Waals surface area (Å²) in [7, 11) is -1.40. The fourth-order valence-corrected chi connectivity index (χ4v) is 7.21. The molecule has 2 bridgehead atoms. The third-order valence-electron chi connectivity index (χ3n) is 4.99. The summed E-state index contributed by atoms with van der Waals surface area (Å²) in [6.45, 7) is 9.58. The molecule has 3 rings (SSSR count). The summed E-state index contributed by atoms with van der Waals surface area (Å²) in [5, 5.41) is 0. The zero-order valence-corrected chi connectivity index (χ0v) is 11.7. The molecule has 0 radical (unpaired) electrons. The second kappa shape index (κ2) is 3.01. The first-order valence-electron chi connectivity index (χ1n) is 5.96. The first-order chi connectivity index (χ1) is 6.27. The van der Waals surface area contributed by atoms with Gasteiger partial charge in [0.05, 0.1) is 0 Å². The van der Waals surface area contributed by atoms with Crippen LogP contribution in [0.4, 0.5) is 0 Å². The normalized spacial score (nSPS) is 40.5. The summed E-state index contributed by atoms with van der Waals surface area (Å²) < 4.78 is 0. The van der Waals surface area contributed by atoms with Gasteiger partial charge in [0.15, 0.2) is 7.38 Å². The lowest BCUT2D eigenvalue weighted by Gasteiger charge is -2.67. The molecule has 2 atom stereocenters. The molecule has 0 saturated heterocycles. The van der Waals surface area contributed by atoms with Gasteiger partial charge in [-0.1, -0.05) is 33.4 Å². The molecular weight excluding hydrogens is 208 g/mol. The standard InChI is InChI=1S/C12H23ClSi/c1-11(2)10-6-5-7-12(11,8-10)9-14(3,4)13/h10H,5-9H2,1-4H3. The Labute approximate surface area is 94.1 Å². The van der Waals surface area contributed by atoms with Crippen LogP contribution < -0.4 is 0 Å². The lowest BCUT2D eigenvalue weighted by atomic mass is 9.40. The molecule has 0 aromatic rings. The summed E-state index contributed by atoms with van der Waals surface area (Å²) >= 11 is 6.55. The van der Waals surface area contributed by atoms with Crippen molar-refractivity contribution in [3.05, 3.63) is 0 Å². The topological polar surface area (TPSA) is 0 Å². The van der Waals surface area contributed by atoms with Crippen molar-refractivity contribution in [2.24, 2.45) is 16.7 Å². The molecule has 0 amide bonds. The molecule has 0 spiro atoms. The third kappa shape index (κ3) is 1.48. The Kier molecular flexibility index (Phi) is 2.36. The van der Waals surface area contributed by atoms with Gasteiger partial charge in [-0.25, -0.2) is 0 Å². The van der Waals surface area contributed by atoms with E-state index in [0.717, 1.165) is 5.92 Å². The van der Waals surface area contributed by atoms with Gasteiger partial charge in [-0.2, -0.15) is 11.1 Å². The van der Waals surface area contributed by atoms with Crippen molar-refractivity contribution in [2.75, 3.05) is 0 Å². The molecule has 0 aromatic heterocycles. The minimum absolute atomic E-state index is 0.588. The van der Waals surface area contributed by atoms with Gasteiger partial charge in [0, 0.05) is 0 Å². The maximum atomic E-state index is 6.55. The van der Waals surface area contributed by atoms with Crippen LogP contribution in [0.5, 0.6) is 0 Å². The lowest BCUT2D eigenvalue weighted by Crippen LogP contribution is -2.59. The fraction of sp³-hybridized carbons (Fsp3) is 1.00. The Bertz CT molecular complexity index is 237. The molecule has 0 N–H and O–H groups in total. The number of hydrogen-bond donors (Lipinski definition) is 0. The summed E-state index contributed by atoms with van der Waals surface area (Å²) in [6.07, 6.45) is 5.84.